The van der Waals surface area contributed by atoms with Crippen LogP contribution in [0.5, 0.6) is 0 Å². The molecule has 90 valence electrons. The molecule has 1 atom stereocenters. The van der Waals surface area contributed by atoms with E-state index in [1.807, 2.05) is 0 Å². The zero-order valence-electron chi connectivity index (χ0n) is 8.81. The first-order valence-corrected chi connectivity index (χ1v) is 6.98. The topological polar surface area (TPSA) is 75.6 Å². The zero-order valence-corrected chi connectivity index (χ0v) is 9.63. The van der Waals surface area contributed by atoms with Crippen LogP contribution in [0.4, 0.5) is 0 Å². The molecule has 0 bridgehead atoms. The zero-order chi connectivity index (χ0) is 11.1. The maximum atomic E-state index is 11.5. The summed E-state index contributed by atoms with van der Waals surface area (Å²) in [6, 6.07) is -0.0714. The van der Waals surface area contributed by atoms with Gasteiger partial charge in [-0.05, 0) is 25.7 Å². The number of aliphatic hydroxyl groups is 1. The minimum atomic E-state index is -3.19. The van der Waals surface area contributed by atoms with E-state index in [4.69, 9.17) is 9.84 Å². The molecule has 15 heavy (non-hydrogen) atoms. The van der Waals surface area contributed by atoms with Crippen LogP contribution in [-0.2, 0) is 14.8 Å². The first-order valence-electron chi connectivity index (χ1n) is 5.32. The summed E-state index contributed by atoms with van der Waals surface area (Å²) in [7, 11) is -3.19. The second kappa shape index (κ2) is 6.42. The standard InChI is InChI=1S/C9H19NO4S/c11-5-1-2-7-15(12,13)10-9-4-3-6-14-8-9/h9-11H,1-8H2. The highest BCUT2D eigenvalue weighted by atomic mass is 32.2. The number of hydrogen-bond donors (Lipinski definition) is 2. The van der Waals surface area contributed by atoms with Gasteiger partial charge in [0.15, 0.2) is 0 Å². The SMILES string of the molecule is O=S(=O)(CCCCO)NC1CCCOC1. The molecule has 1 aliphatic heterocycles. The molecular formula is C9H19NO4S. The number of nitrogens with one attached hydrogen (secondary N) is 1. The molecule has 1 unspecified atom stereocenters. The van der Waals surface area contributed by atoms with Crippen molar-refractivity contribution in [3.63, 3.8) is 0 Å². The van der Waals surface area contributed by atoms with Gasteiger partial charge in [0.2, 0.25) is 10.0 Å². The van der Waals surface area contributed by atoms with E-state index in [1.165, 1.54) is 0 Å². The van der Waals surface area contributed by atoms with Gasteiger partial charge in [-0.2, -0.15) is 0 Å². The molecule has 0 amide bonds. The number of aliphatic hydroxyl groups excluding tert-OH is 1. The fourth-order valence-corrected chi connectivity index (χ4v) is 2.95. The molecule has 0 aromatic carbocycles. The molecule has 0 aliphatic carbocycles. The Morgan fingerprint density at radius 1 is 1.40 bits per heavy atom. The van der Waals surface area contributed by atoms with Crippen LogP contribution in [0.3, 0.4) is 0 Å². The molecular weight excluding hydrogens is 218 g/mol. The molecule has 6 heteroatoms. The molecule has 5 nitrogen and oxygen atoms in total. The summed E-state index contributed by atoms with van der Waals surface area (Å²) in [4.78, 5) is 0. The van der Waals surface area contributed by atoms with Crippen LogP contribution >= 0.6 is 0 Å². The maximum absolute atomic E-state index is 11.5. The molecule has 1 fully saturated rings. The van der Waals surface area contributed by atoms with Crippen molar-refractivity contribution in [2.45, 2.75) is 31.7 Å². The van der Waals surface area contributed by atoms with E-state index in [0.717, 1.165) is 19.4 Å². The van der Waals surface area contributed by atoms with Gasteiger partial charge in [-0.25, -0.2) is 13.1 Å². The maximum Gasteiger partial charge on any atom is 0.211 e. The van der Waals surface area contributed by atoms with Gasteiger partial charge in [-0.3, -0.25) is 0 Å². The largest absolute Gasteiger partial charge is 0.396 e. The van der Waals surface area contributed by atoms with Gasteiger partial charge in [0.25, 0.3) is 0 Å². The summed E-state index contributed by atoms with van der Waals surface area (Å²) in [6.45, 7) is 1.24. The average molecular weight is 237 g/mol. The van der Waals surface area contributed by atoms with Crippen LogP contribution in [0.2, 0.25) is 0 Å². The van der Waals surface area contributed by atoms with Crippen molar-refractivity contribution in [3.8, 4) is 0 Å². The smallest absolute Gasteiger partial charge is 0.211 e. The number of sulfonamides is 1. The molecule has 0 spiro atoms. The summed E-state index contributed by atoms with van der Waals surface area (Å²) < 4.78 is 30.9. The Hall–Kier alpha value is -0.170. The second-order valence-electron chi connectivity index (χ2n) is 3.78. The van der Waals surface area contributed by atoms with E-state index in [0.29, 0.717) is 19.4 Å². The van der Waals surface area contributed by atoms with Gasteiger partial charge in [-0.1, -0.05) is 0 Å². The van der Waals surface area contributed by atoms with Crippen molar-refractivity contribution in [2.24, 2.45) is 0 Å². The Balaban J connectivity index is 2.27. The van der Waals surface area contributed by atoms with Crippen molar-refractivity contribution < 1.29 is 18.3 Å². The van der Waals surface area contributed by atoms with E-state index < -0.39 is 10.0 Å². The fraction of sp³-hybridized carbons (Fsp3) is 1.00. The van der Waals surface area contributed by atoms with Crippen molar-refractivity contribution in [3.05, 3.63) is 0 Å². The molecule has 1 heterocycles. The predicted molar refractivity (Wildman–Crippen MR) is 57.1 cm³/mol. The van der Waals surface area contributed by atoms with Crippen molar-refractivity contribution in [1.29, 1.82) is 0 Å². The predicted octanol–water partition coefficient (Wildman–Crippen LogP) is -0.143. The number of ether oxygens (including phenoxy) is 1. The van der Waals surface area contributed by atoms with Gasteiger partial charge < -0.3 is 9.84 Å². The van der Waals surface area contributed by atoms with Gasteiger partial charge >= 0.3 is 0 Å². The van der Waals surface area contributed by atoms with Crippen molar-refractivity contribution in [1.82, 2.24) is 4.72 Å². The number of unbranched alkanes of at least 4 members (excludes halogenated alkanes) is 1. The third-order valence-electron chi connectivity index (χ3n) is 2.33. The Morgan fingerprint density at radius 3 is 2.80 bits per heavy atom. The lowest BCUT2D eigenvalue weighted by Crippen LogP contribution is -2.41. The van der Waals surface area contributed by atoms with Crippen molar-refractivity contribution in [2.75, 3.05) is 25.6 Å². The minimum Gasteiger partial charge on any atom is -0.396 e. The summed E-state index contributed by atoms with van der Waals surface area (Å²) in [5.74, 6) is 0.0874. The highest BCUT2D eigenvalue weighted by Gasteiger charge is 2.19. The van der Waals surface area contributed by atoms with Gasteiger partial charge in [0, 0.05) is 19.3 Å². The van der Waals surface area contributed by atoms with Gasteiger partial charge in [0.05, 0.1) is 12.4 Å². The highest BCUT2D eigenvalue weighted by molar-refractivity contribution is 7.89. The molecule has 0 aromatic heterocycles. The first kappa shape index (κ1) is 12.9. The molecule has 0 radical (unpaired) electrons. The third-order valence-corrected chi connectivity index (χ3v) is 3.85. The van der Waals surface area contributed by atoms with Crippen LogP contribution in [-0.4, -0.2) is 45.1 Å². The Bertz CT molecular complexity index is 259. The lowest BCUT2D eigenvalue weighted by atomic mass is 10.1. The van der Waals surface area contributed by atoms with Gasteiger partial charge in [0.1, 0.15) is 0 Å². The summed E-state index contributed by atoms with van der Waals surface area (Å²) >= 11 is 0. The highest BCUT2D eigenvalue weighted by Crippen LogP contribution is 2.07. The number of hydrogen-bond acceptors (Lipinski definition) is 4. The van der Waals surface area contributed by atoms with E-state index in [9.17, 15) is 8.42 Å². The Labute approximate surface area is 90.9 Å². The summed E-state index contributed by atoms with van der Waals surface area (Å²) in [5, 5.41) is 8.55. The fourth-order valence-electron chi connectivity index (χ4n) is 1.55. The minimum absolute atomic E-state index is 0.0437. The van der Waals surface area contributed by atoms with Crippen LogP contribution in [0.25, 0.3) is 0 Å². The lowest BCUT2D eigenvalue weighted by molar-refractivity contribution is 0.0774. The Morgan fingerprint density at radius 2 is 2.20 bits per heavy atom. The molecule has 1 saturated heterocycles. The van der Waals surface area contributed by atoms with E-state index >= 15 is 0 Å². The molecule has 1 rings (SSSR count). The third kappa shape index (κ3) is 5.46. The lowest BCUT2D eigenvalue weighted by Gasteiger charge is -2.22. The van der Waals surface area contributed by atoms with Crippen LogP contribution in [0, 0.1) is 0 Å². The van der Waals surface area contributed by atoms with E-state index in [-0.39, 0.29) is 18.4 Å². The van der Waals surface area contributed by atoms with Gasteiger partial charge in [-0.15, -0.1) is 0 Å². The average Bonchev–Trinajstić information content (AvgIpc) is 2.18. The molecule has 1 aliphatic rings. The van der Waals surface area contributed by atoms with Crippen LogP contribution in [0.1, 0.15) is 25.7 Å². The summed E-state index contributed by atoms with van der Waals surface area (Å²) in [5.41, 5.74) is 0. The molecule has 0 saturated carbocycles. The molecule has 2 N–H and O–H groups in total. The normalized spacial score (nSPS) is 22.9. The quantitative estimate of drug-likeness (QED) is 0.630. The second-order valence-corrected chi connectivity index (χ2v) is 5.65. The van der Waals surface area contributed by atoms with E-state index in [2.05, 4.69) is 4.72 Å². The Kier molecular flexibility index (Phi) is 5.52. The van der Waals surface area contributed by atoms with Crippen LogP contribution in [0.15, 0.2) is 0 Å². The monoisotopic (exact) mass is 237 g/mol. The van der Waals surface area contributed by atoms with Crippen LogP contribution < -0.4 is 4.72 Å². The number of rotatable bonds is 6. The van der Waals surface area contributed by atoms with Crippen molar-refractivity contribution >= 4 is 10.0 Å². The molecule has 0 aromatic rings. The first-order chi connectivity index (χ1) is 7.14. The summed E-state index contributed by atoms with van der Waals surface area (Å²) in [6.07, 6.45) is 2.78. The van der Waals surface area contributed by atoms with E-state index in [1.54, 1.807) is 0 Å².